The summed E-state index contributed by atoms with van der Waals surface area (Å²) < 4.78 is 0. The average Bonchev–Trinajstić information content (AvgIpc) is 2.40. The van der Waals surface area contributed by atoms with E-state index in [0.717, 1.165) is 0 Å². The molecule has 1 aromatic rings. The van der Waals surface area contributed by atoms with Crippen LogP contribution in [-0.4, -0.2) is 47.2 Å². The lowest BCUT2D eigenvalue weighted by Gasteiger charge is -2.20. The van der Waals surface area contributed by atoms with Crippen molar-refractivity contribution in [2.24, 2.45) is 0 Å². The lowest BCUT2D eigenvalue weighted by Crippen LogP contribution is -2.24. The highest BCUT2D eigenvalue weighted by Crippen LogP contribution is 2.05. The van der Waals surface area contributed by atoms with Gasteiger partial charge in [-0.3, -0.25) is 0 Å². The Kier molecular flexibility index (Phi) is 6.02. The molecule has 1 heterocycles. The Hall–Kier alpha value is -1.88. The highest BCUT2D eigenvalue weighted by atomic mass is 16.4. The number of benzene rings is 1. The summed E-state index contributed by atoms with van der Waals surface area (Å²) in [4.78, 5) is 23.1. The van der Waals surface area contributed by atoms with E-state index >= 15 is 0 Å². The van der Waals surface area contributed by atoms with E-state index in [1.807, 2.05) is 0 Å². The van der Waals surface area contributed by atoms with E-state index in [9.17, 15) is 9.59 Å². The molecule has 104 valence electrons. The summed E-state index contributed by atoms with van der Waals surface area (Å²) in [6.07, 6.45) is 4.28. The number of likely N-dealkylation sites (tertiary alicyclic amines) is 1. The monoisotopic (exact) mass is 265 g/mol. The van der Waals surface area contributed by atoms with Crippen LogP contribution in [0.4, 0.5) is 0 Å². The highest BCUT2D eigenvalue weighted by Gasteiger charge is 2.05. The Balaban J connectivity index is 0.000000218. The number of carboxylic acids is 2. The van der Waals surface area contributed by atoms with Crippen LogP contribution in [0.2, 0.25) is 0 Å². The van der Waals surface area contributed by atoms with Crippen molar-refractivity contribution in [1.29, 1.82) is 0 Å². The first-order chi connectivity index (χ1) is 9.00. The van der Waals surface area contributed by atoms with E-state index < -0.39 is 11.9 Å². The van der Waals surface area contributed by atoms with Crippen LogP contribution in [0, 0.1) is 0 Å². The van der Waals surface area contributed by atoms with Gasteiger partial charge in [-0.15, -0.1) is 0 Å². The van der Waals surface area contributed by atoms with E-state index in [0.29, 0.717) is 0 Å². The first kappa shape index (κ1) is 15.2. The van der Waals surface area contributed by atoms with Crippen molar-refractivity contribution in [1.82, 2.24) is 4.90 Å². The fourth-order valence-electron chi connectivity index (χ4n) is 1.81. The average molecular weight is 265 g/mol. The van der Waals surface area contributed by atoms with Gasteiger partial charge in [-0.2, -0.15) is 0 Å². The van der Waals surface area contributed by atoms with Crippen molar-refractivity contribution < 1.29 is 19.8 Å². The molecule has 5 heteroatoms. The molecule has 19 heavy (non-hydrogen) atoms. The van der Waals surface area contributed by atoms with Crippen molar-refractivity contribution in [3.05, 3.63) is 35.4 Å². The smallest absolute Gasteiger partial charge is 0.335 e. The molecule has 0 amide bonds. The number of hydrogen-bond acceptors (Lipinski definition) is 3. The molecule has 0 radical (unpaired) electrons. The minimum absolute atomic E-state index is 0.0833. The van der Waals surface area contributed by atoms with Crippen LogP contribution in [0.15, 0.2) is 24.3 Å². The van der Waals surface area contributed by atoms with E-state index in [2.05, 4.69) is 11.9 Å². The first-order valence-electron chi connectivity index (χ1n) is 6.26. The quantitative estimate of drug-likeness (QED) is 0.857. The molecular weight excluding hydrogens is 246 g/mol. The molecule has 0 spiro atoms. The van der Waals surface area contributed by atoms with E-state index in [4.69, 9.17) is 10.2 Å². The minimum Gasteiger partial charge on any atom is -0.478 e. The summed E-state index contributed by atoms with van der Waals surface area (Å²) in [6, 6.07) is 5.02. The van der Waals surface area contributed by atoms with Crippen molar-refractivity contribution in [3.63, 3.8) is 0 Å². The molecule has 1 aromatic carbocycles. The molecule has 0 atom stereocenters. The molecular formula is C14H19NO4. The predicted molar refractivity (Wildman–Crippen MR) is 71.7 cm³/mol. The molecule has 2 N–H and O–H groups in total. The Morgan fingerprint density at radius 1 is 0.895 bits per heavy atom. The van der Waals surface area contributed by atoms with Gasteiger partial charge in [-0.25, -0.2) is 9.59 Å². The second-order valence-electron chi connectivity index (χ2n) is 4.55. The van der Waals surface area contributed by atoms with Crippen LogP contribution in [0.5, 0.6) is 0 Å². The maximum atomic E-state index is 10.3. The van der Waals surface area contributed by atoms with Crippen molar-refractivity contribution in [3.8, 4) is 0 Å². The third-order valence-electron chi connectivity index (χ3n) is 2.96. The van der Waals surface area contributed by atoms with Crippen molar-refractivity contribution in [2.75, 3.05) is 20.1 Å². The zero-order valence-corrected chi connectivity index (χ0v) is 11.0. The number of piperidine rings is 1. The summed E-state index contributed by atoms with van der Waals surface area (Å²) in [7, 11) is 2.19. The number of carbonyl (C=O) groups is 2. The number of nitrogens with zero attached hydrogens (tertiary/aromatic N) is 1. The van der Waals surface area contributed by atoms with Crippen LogP contribution in [0.3, 0.4) is 0 Å². The van der Waals surface area contributed by atoms with Crippen molar-refractivity contribution in [2.45, 2.75) is 19.3 Å². The van der Waals surface area contributed by atoms with Gasteiger partial charge in [0.15, 0.2) is 0 Å². The standard InChI is InChI=1S/C8H6O4.C6H13N/c9-7(10)5-1-2-6(4-3-5)8(11)12;1-7-5-3-2-4-6-7/h1-4H,(H,9,10)(H,11,12);2-6H2,1H3. The van der Waals surface area contributed by atoms with Crippen molar-refractivity contribution >= 4 is 11.9 Å². The molecule has 0 aliphatic carbocycles. The van der Waals surface area contributed by atoms with E-state index in [1.54, 1.807) is 0 Å². The van der Waals surface area contributed by atoms with Gasteiger partial charge in [0.2, 0.25) is 0 Å². The summed E-state index contributed by atoms with van der Waals surface area (Å²) >= 11 is 0. The van der Waals surface area contributed by atoms with Gasteiger partial charge in [0.05, 0.1) is 11.1 Å². The number of rotatable bonds is 2. The summed E-state index contributed by atoms with van der Waals surface area (Å²) in [5.74, 6) is -2.13. The Morgan fingerprint density at radius 3 is 1.47 bits per heavy atom. The SMILES string of the molecule is CN1CCCCC1.O=C(O)c1ccc(C(=O)O)cc1. The summed E-state index contributed by atoms with van der Waals surface area (Å²) in [5.41, 5.74) is 0.167. The van der Waals surface area contributed by atoms with Crippen LogP contribution < -0.4 is 0 Å². The van der Waals surface area contributed by atoms with E-state index in [-0.39, 0.29) is 11.1 Å². The van der Waals surface area contributed by atoms with Gasteiger partial charge in [0, 0.05) is 0 Å². The normalized spacial score (nSPS) is 15.2. The molecule has 5 nitrogen and oxygen atoms in total. The van der Waals surface area contributed by atoms with Crippen LogP contribution >= 0.6 is 0 Å². The van der Waals surface area contributed by atoms with Gasteiger partial charge in [-0.1, -0.05) is 6.42 Å². The third kappa shape index (κ3) is 5.52. The molecule has 1 saturated heterocycles. The lowest BCUT2D eigenvalue weighted by molar-refractivity contribution is 0.0681. The zero-order valence-electron chi connectivity index (χ0n) is 11.0. The Bertz CT molecular complexity index is 389. The maximum absolute atomic E-state index is 10.3. The minimum atomic E-state index is -1.06. The van der Waals surface area contributed by atoms with Crippen LogP contribution in [0.25, 0.3) is 0 Å². The second-order valence-corrected chi connectivity index (χ2v) is 4.55. The Morgan fingerprint density at radius 2 is 1.26 bits per heavy atom. The fraction of sp³-hybridized carbons (Fsp3) is 0.429. The van der Waals surface area contributed by atoms with Crippen LogP contribution in [0.1, 0.15) is 40.0 Å². The molecule has 1 aliphatic rings. The van der Waals surface area contributed by atoms with Crippen LogP contribution in [-0.2, 0) is 0 Å². The molecule has 1 aliphatic heterocycles. The Labute approximate surface area is 112 Å². The summed E-state index contributed by atoms with van der Waals surface area (Å²) in [6.45, 7) is 2.64. The van der Waals surface area contributed by atoms with Gasteiger partial charge in [0.1, 0.15) is 0 Å². The van der Waals surface area contributed by atoms with Gasteiger partial charge in [0.25, 0.3) is 0 Å². The van der Waals surface area contributed by atoms with Gasteiger partial charge in [-0.05, 0) is 57.2 Å². The number of carboxylic acid groups (broad SMARTS) is 2. The molecule has 0 unspecified atom stereocenters. The maximum Gasteiger partial charge on any atom is 0.335 e. The van der Waals surface area contributed by atoms with Gasteiger partial charge < -0.3 is 15.1 Å². The lowest BCUT2D eigenvalue weighted by atomic mass is 10.1. The zero-order chi connectivity index (χ0) is 14.3. The topological polar surface area (TPSA) is 77.8 Å². The number of hydrogen-bond donors (Lipinski definition) is 2. The fourth-order valence-corrected chi connectivity index (χ4v) is 1.81. The highest BCUT2D eigenvalue weighted by molar-refractivity contribution is 5.91. The van der Waals surface area contributed by atoms with E-state index in [1.165, 1.54) is 56.6 Å². The molecule has 0 bridgehead atoms. The number of aromatic carboxylic acids is 2. The summed E-state index contributed by atoms with van der Waals surface area (Å²) in [5, 5.41) is 16.9. The first-order valence-corrected chi connectivity index (χ1v) is 6.26. The molecule has 1 fully saturated rings. The molecule has 0 aromatic heterocycles. The predicted octanol–water partition coefficient (Wildman–Crippen LogP) is 2.19. The largest absolute Gasteiger partial charge is 0.478 e. The van der Waals surface area contributed by atoms with Gasteiger partial charge >= 0.3 is 11.9 Å². The molecule has 0 saturated carbocycles. The third-order valence-corrected chi connectivity index (χ3v) is 2.96. The molecule has 2 rings (SSSR count). The second kappa shape index (κ2) is 7.53.